The normalized spacial score (nSPS) is 14.5. The number of anilines is 1. The summed E-state index contributed by atoms with van der Waals surface area (Å²) in [6.45, 7) is 7.81. The van der Waals surface area contributed by atoms with Crippen molar-refractivity contribution in [1.29, 1.82) is 5.26 Å². The molecule has 2 aromatic rings. The zero-order chi connectivity index (χ0) is 21.0. The summed E-state index contributed by atoms with van der Waals surface area (Å²) in [6.07, 6.45) is 0. The van der Waals surface area contributed by atoms with Crippen molar-refractivity contribution in [2.45, 2.75) is 20.5 Å². The first-order chi connectivity index (χ1) is 13.9. The van der Waals surface area contributed by atoms with E-state index in [-0.39, 0.29) is 12.4 Å². The van der Waals surface area contributed by atoms with Crippen molar-refractivity contribution in [2.75, 3.05) is 37.7 Å². The highest BCUT2D eigenvalue weighted by molar-refractivity contribution is 7.71. The van der Waals surface area contributed by atoms with Gasteiger partial charge in [0.05, 0.1) is 43.9 Å². The van der Waals surface area contributed by atoms with E-state index in [1.54, 1.807) is 19.1 Å². The molecule has 8 heteroatoms. The number of rotatable bonds is 5. The molecule has 1 aliphatic heterocycles. The number of carbonyl (C=O) groups is 1. The standard InChI is InChI=1S/C21H23FN4O2S/c1-3-28-21(27)19-12-16(13-23)20(29)26(15(19)2)14-24-8-10-25(11-9-24)18-6-4-17(22)5-7-18/h4-7,12H,3,8-11,14H2,1-2H3/p+1. The van der Waals surface area contributed by atoms with Crippen LogP contribution in [0, 0.1) is 28.7 Å². The average molecular weight is 416 g/mol. The van der Waals surface area contributed by atoms with Crippen LogP contribution < -0.4 is 9.80 Å². The van der Waals surface area contributed by atoms with Crippen molar-refractivity contribution in [3.8, 4) is 6.07 Å². The van der Waals surface area contributed by atoms with Gasteiger partial charge in [0.2, 0.25) is 0 Å². The van der Waals surface area contributed by atoms with E-state index in [1.165, 1.54) is 23.1 Å². The van der Waals surface area contributed by atoms with Gasteiger partial charge in [-0.05, 0) is 44.2 Å². The first-order valence-corrected chi connectivity index (χ1v) is 10.0. The number of pyridine rings is 1. The zero-order valence-corrected chi connectivity index (χ0v) is 17.4. The number of halogens is 1. The second kappa shape index (κ2) is 9.16. The molecule has 29 heavy (non-hydrogen) atoms. The Balaban J connectivity index is 1.77. The molecule has 0 radical (unpaired) electrons. The molecule has 1 saturated heterocycles. The summed E-state index contributed by atoms with van der Waals surface area (Å²) in [7, 11) is 0. The number of benzene rings is 1. The van der Waals surface area contributed by atoms with Crippen LogP contribution in [0.4, 0.5) is 10.1 Å². The predicted molar refractivity (Wildman–Crippen MR) is 110 cm³/mol. The van der Waals surface area contributed by atoms with Crippen molar-refractivity contribution < 1.29 is 18.8 Å². The van der Waals surface area contributed by atoms with Crippen molar-refractivity contribution in [2.24, 2.45) is 0 Å². The molecule has 1 N–H and O–H groups in total. The van der Waals surface area contributed by atoms with Crippen LogP contribution in [0.5, 0.6) is 0 Å². The maximum Gasteiger partial charge on any atom is 0.339 e. The van der Waals surface area contributed by atoms with Crippen LogP contribution >= 0.6 is 12.2 Å². The van der Waals surface area contributed by atoms with Gasteiger partial charge in [-0.3, -0.25) is 4.57 Å². The topological polar surface area (TPSA) is 62.7 Å². The SMILES string of the molecule is CCOC(=O)c1cc(C#N)c(=S)n(C[NH+]2CCN(c3ccc(F)cc3)CC2)c1C. The number of ether oxygens (including phenoxy) is 1. The minimum absolute atomic E-state index is 0.238. The monoisotopic (exact) mass is 415 g/mol. The molecule has 2 heterocycles. The minimum atomic E-state index is -0.443. The maximum absolute atomic E-state index is 13.1. The van der Waals surface area contributed by atoms with Gasteiger partial charge >= 0.3 is 5.97 Å². The van der Waals surface area contributed by atoms with Crippen LogP contribution in [-0.2, 0) is 11.4 Å². The summed E-state index contributed by atoms with van der Waals surface area (Å²) in [5, 5.41) is 9.43. The Bertz CT molecular complexity index is 989. The van der Waals surface area contributed by atoms with E-state index in [1.807, 2.05) is 11.5 Å². The molecule has 0 atom stereocenters. The molecule has 6 nitrogen and oxygen atoms in total. The van der Waals surface area contributed by atoms with Crippen molar-refractivity contribution >= 4 is 23.9 Å². The highest BCUT2D eigenvalue weighted by Gasteiger charge is 2.23. The summed E-state index contributed by atoms with van der Waals surface area (Å²) >= 11 is 5.50. The van der Waals surface area contributed by atoms with E-state index in [2.05, 4.69) is 11.0 Å². The summed E-state index contributed by atoms with van der Waals surface area (Å²) in [5.41, 5.74) is 2.40. The first kappa shape index (κ1) is 21.0. The number of quaternary nitrogens is 1. The van der Waals surface area contributed by atoms with Crippen LogP contribution in [0.25, 0.3) is 0 Å². The molecular weight excluding hydrogens is 391 g/mol. The second-order valence-corrected chi connectivity index (χ2v) is 7.38. The van der Waals surface area contributed by atoms with Crippen molar-refractivity contribution in [3.05, 3.63) is 57.6 Å². The number of nitrogens with one attached hydrogen (secondary N) is 1. The number of carbonyl (C=O) groups excluding carboxylic acids is 1. The fourth-order valence-electron chi connectivity index (χ4n) is 3.55. The fraction of sp³-hybridized carbons (Fsp3) is 0.381. The Morgan fingerprint density at radius 2 is 1.97 bits per heavy atom. The van der Waals surface area contributed by atoms with Gasteiger partial charge in [0.1, 0.15) is 16.5 Å². The van der Waals surface area contributed by atoms with Crippen molar-refractivity contribution in [3.63, 3.8) is 0 Å². The Morgan fingerprint density at radius 3 is 2.55 bits per heavy atom. The average Bonchev–Trinajstić information content (AvgIpc) is 2.72. The third kappa shape index (κ3) is 4.63. The molecule has 0 amide bonds. The van der Waals surface area contributed by atoms with Gasteiger partial charge in [0.15, 0.2) is 6.67 Å². The van der Waals surface area contributed by atoms with Gasteiger partial charge in [0.25, 0.3) is 0 Å². The van der Waals surface area contributed by atoms with Crippen molar-refractivity contribution in [1.82, 2.24) is 4.57 Å². The third-order valence-corrected chi connectivity index (χ3v) is 5.66. The van der Waals surface area contributed by atoms with Gasteiger partial charge in [-0.15, -0.1) is 0 Å². The Kier molecular flexibility index (Phi) is 6.62. The molecule has 152 valence electrons. The van der Waals surface area contributed by atoms with Gasteiger partial charge in [-0.1, -0.05) is 12.2 Å². The van der Waals surface area contributed by atoms with E-state index in [9.17, 15) is 14.4 Å². The quantitative estimate of drug-likeness (QED) is 0.599. The Morgan fingerprint density at radius 1 is 1.31 bits per heavy atom. The molecule has 1 aromatic carbocycles. The number of piperazine rings is 1. The molecule has 1 aliphatic rings. The van der Waals surface area contributed by atoms with Gasteiger partial charge < -0.3 is 14.5 Å². The van der Waals surface area contributed by atoms with E-state index in [0.717, 1.165) is 31.9 Å². The highest BCUT2D eigenvalue weighted by Crippen LogP contribution is 2.16. The largest absolute Gasteiger partial charge is 0.462 e. The van der Waals surface area contributed by atoms with Crippen LogP contribution in [0.15, 0.2) is 30.3 Å². The molecular formula is C21H24FN4O2S+. The molecule has 0 bridgehead atoms. The summed E-state index contributed by atoms with van der Waals surface area (Å²) in [4.78, 5) is 15.8. The number of esters is 1. The molecule has 0 aliphatic carbocycles. The van der Waals surface area contributed by atoms with Crippen LogP contribution in [0.3, 0.4) is 0 Å². The lowest BCUT2D eigenvalue weighted by atomic mass is 10.1. The minimum Gasteiger partial charge on any atom is -0.462 e. The van der Waals surface area contributed by atoms with E-state index >= 15 is 0 Å². The van der Waals surface area contributed by atoms with E-state index in [0.29, 0.717) is 28.1 Å². The molecule has 1 aromatic heterocycles. The van der Waals surface area contributed by atoms with Crippen LogP contribution in [-0.4, -0.2) is 43.3 Å². The number of aromatic nitrogens is 1. The lowest BCUT2D eigenvalue weighted by molar-refractivity contribution is -0.923. The Labute approximate surface area is 174 Å². The number of hydrogen-bond donors (Lipinski definition) is 1. The number of nitriles is 1. The van der Waals surface area contributed by atoms with Gasteiger partial charge in [-0.2, -0.15) is 5.26 Å². The van der Waals surface area contributed by atoms with E-state index in [4.69, 9.17) is 17.0 Å². The lowest BCUT2D eigenvalue weighted by Crippen LogP contribution is -3.14. The molecule has 0 saturated carbocycles. The van der Waals surface area contributed by atoms with Gasteiger partial charge in [0, 0.05) is 11.4 Å². The van der Waals surface area contributed by atoms with Crippen LogP contribution in [0.2, 0.25) is 0 Å². The van der Waals surface area contributed by atoms with Crippen LogP contribution in [0.1, 0.15) is 28.5 Å². The molecule has 0 unspecified atom stereocenters. The third-order valence-electron chi connectivity index (χ3n) is 5.22. The molecule has 3 rings (SSSR count). The highest BCUT2D eigenvalue weighted by atomic mass is 32.1. The summed E-state index contributed by atoms with van der Waals surface area (Å²) < 4.78 is 20.6. The first-order valence-electron chi connectivity index (χ1n) is 9.60. The Hall–Kier alpha value is -2.76. The van der Waals surface area contributed by atoms with Gasteiger partial charge in [-0.25, -0.2) is 9.18 Å². The number of nitrogens with zero attached hydrogens (tertiary/aromatic N) is 3. The number of hydrogen-bond acceptors (Lipinski definition) is 5. The summed E-state index contributed by atoms with van der Waals surface area (Å²) in [6, 6.07) is 10.1. The molecule has 1 fully saturated rings. The molecule has 0 spiro atoms. The fourth-order valence-corrected chi connectivity index (χ4v) is 3.86. The lowest BCUT2D eigenvalue weighted by Gasteiger charge is -2.34. The summed E-state index contributed by atoms with van der Waals surface area (Å²) in [5.74, 6) is -0.681. The zero-order valence-electron chi connectivity index (χ0n) is 16.6. The maximum atomic E-state index is 13.1. The van der Waals surface area contributed by atoms with E-state index < -0.39 is 5.97 Å². The smallest absolute Gasteiger partial charge is 0.339 e. The second-order valence-electron chi connectivity index (χ2n) is 6.99. The predicted octanol–water partition coefficient (Wildman–Crippen LogP) is 2.08.